The number of aliphatic hydroxyl groups excluding tert-OH is 2. The van der Waals surface area contributed by atoms with Crippen LogP contribution in [0.25, 0.3) is 0 Å². The van der Waals surface area contributed by atoms with Crippen LogP contribution in [-0.2, 0) is 14.3 Å². The second kappa shape index (κ2) is 47.4. The van der Waals surface area contributed by atoms with Crippen LogP contribution < -0.4 is 5.32 Å². The molecular formula is C54H95NO5. The first-order valence-electron chi connectivity index (χ1n) is 25.2. The maximum absolute atomic E-state index is 13.2. The molecule has 0 aromatic carbocycles. The average Bonchev–Trinajstić information content (AvgIpc) is 3.24. The number of esters is 1. The van der Waals surface area contributed by atoms with Crippen molar-refractivity contribution in [1.82, 2.24) is 5.32 Å². The van der Waals surface area contributed by atoms with Gasteiger partial charge in [0, 0.05) is 6.42 Å². The van der Waals surface area contributed by atoms with Gasteiger partial charge in [0.1, 0.15) is 6.10 Å². The van der Waals surface area contributed by atoms with Crippen molar-refractivity contribution in [2.75, 3.05) is 6.61 Å². The normalized spacial score (nSPS) is 13.9. The second-order valence-electron chi connectivity index (χ2n) is 16.8. The van der Waals surface area contributed by atoms with E-state index in [1.54, 1.807) is 0 Å². The van der Waals surface area contributed by atoms with Crippen LogP contribution in [-0.4, -0.2) is 46.9 Å². The predicted molar refractivity (Wildman–Crippen MR) is 259 cm³/mol. The molecule has 3 atom stereocenters. The molecule has 3 unspecified atom stereocenters. The van der Waals surface area contributed by atoms with Gasteiger partial charge in [-0.2, -0.15) is 0 Å². The largest absolute Gasteiger partial charge is 0.462 e. The van der Waals surface area contributed by atoms with Gasteiger partial charge in [-0.3, -0.25) is 9.59 Å². The molecule has 0 aliphatic carbocycles. The van der Waals surface area contributed by atoms with Crippen LogP contribution in [0, 0.1) is 0 Å². The quantitative estimate of drug-likeness (QED) is 0.0323. The van der Waals surface area contributed by atoms with Gasteiger partial charge >= 0.3 is 5.97 Å². The van der Waals surface area contributed by atoms with E-state index in [2.05, 4.69) is 92.9 Å². The summed E-state index contributed by atoms with van der Waals surface area (Å²) in [7, 11) is 0. The monoisotopic (exact) mass is 838 g/mol. The summed E-state index contributed by atoms with van der Waals surface area (Å²) in [6.07, 6.45) is 59.8. The number of hydrogen-bond acceptors (Lipinski definition) is 5. The molecule has 0 aromatic rings. The summed E-state index contributed by atoms with van der Waals surface area (Å²) in [5, 5.41) is 23.6. The zero-order valence-electron chi connectivity index (χ0n) is 39.3. The number of allylic oxidation sites excluding steroid dienone is 12. The first kappa shape index (κ1) is 57.3. The Balaban J connectivity index is 4.73. The maximum atomic E-state index is 13.2. The van der Waals surface area contributed by atoms with E-state index in [0.717, 1.165) is 83.5 Å². The highest BCUT2D eigenvalue weighted by molar-refractivity contribution is 5.77. The van der Waals surface area contributed by atoms with E-state index in [1.807, 2.05) is 6.08 Å². The summed E-state index contributed by atoms with van der Waals surface area (Å²) >= 11 is 0. The standard InChI is InChI=1S/C54H95NO5/c1-4-7-10-13-16-19-21-23-25-27-29-31-34-36-39-42-45-50(48-53(58)55-51(49-56)52(57)46-43-40-37-33-18-15-12-9-6-3)60-54(59)47-44-41-38-35-32-30-28-26-24-22-20-17-14-11-8-5-2/h8,11,17,20,24,26,29-32,38,41,50-52,56-57H,4-7,9-10,12-16,18-19,21-23,25,27-28,33-37,39-40,42-49H2,1-3H3,(H,55,58)/b11-8+,20-17+,26-24+,31-29+,32-30+,41-38+. The fraction of sp³-hybridized carbons (Fsp3) is 0.741. The van der Waals surface area contributed by atoms with Gasteiger partial charge in [0.2, 0.25) is 5.91 Å². The third kappa shape index (κ3) is 42.0. The van der Waals surface area contributed by atoms with Gasteiger partial charge in [-0.15, -0.1) is 0 Å². The number of unbranched alkanes of at least 4 members (excludes halogenated alkanes) is 20. The van der Waals surface area contributed by atoms with Crippen LogP contribution in [0.5, 0.6) is 0 Å². The Hall–Kier alpha value is -2.70. The highest BCUT2D eigenvalue weighted by Gasteiger charge is 2.24. The molecule has 0 saturated heterocycles. The molecule has 3 N–H and O–H groups in total. The number of carbonyl (C=O) groups is 2. The molecule has 0 aliphatic rings. The van der Waals surface area contributed by atoms with E-state index in [1.165, 1.54) is 96.3 Å². The Morgan fingerprint density at radius 3 is 1.38 bits per heavy atom. The molecule has 0 aliphatic heterocycles. The summed E-state index contributed by atoms with van der Waals surface area (Å²) in [5.74, 6) is -0.590. The minimum absolute atomic E-state index is 0.0350. The molecule has 0 aromatic heterocycles. The SMILES string of the molecule is CC/C=C/C/C=C/C/C=C/C/C=C/C/C=C/CCC(=O)OC(CCCCC/C=C/CCCCCCCCCCC)CC(=O)NC(CO)C(O)CCCCCCCCCCC. The molecule has 346 valence electrons. The van der Waals surface area contributed by atoms with Crippen molar-refractivity contribution in [3.8, 4) is 0 Å². The fourth-order valence-corrected chi connectivity index (χ4v) is 7.24. The number of hydrogen-bond donors (Lipinski definition) is 3. The van der Waals surface area contributed by atoms with E-state index in [9.17, 15) is 19.8 Å². The highest BCUT2D eigenvalue weighted by atomic mass is 16.5. The summed E-state index contributed by atoms with van der Waals surface area (Å²) in [4.78, 5) is 26.1. The van der Waals surface area contributed by atoms with Crippen LogP contribution in [0.15, 0.2) is 72.9 Å². The number of nitrogens with one attached hydrogen (secondary N) is 1. The Morgan fingerprint density at radius 2 is 0.900 bits per heavy atom. The lowest BCUT2D eigenvalue weighted by Crippen LogP contribution is -2.46. The summed E-state index contributed by atoms with van der Waals surface area (Å²) in [6.45, 7) is 6.33. The fourth-order valence-electron chi connectivity index (χ4n) is 7.24. The van der Waals surface area contributed by atoms with Crippen molar-refractivity contribution >= 4 is 11.9 Å². The lowest BCUT2D eigenvalue weighted by atomic mass is 10.0. The Kier molecular flexibility index (Phi) is 45.2. The van der Waals surface area contributed by atoms with Gasteiger partial charge < -0.3 is 20.3 Å². The van der Waals surface area contributed by atoms with E-state index in [0.29, 0.717) is 19.3 Å². The van der Waals surface area contributed by atoms with Gasteiger partial charge in [-0.1, -0.05) is 209 Å². The smallest absolute Gasteiger partial charge is 0.306 e. The van der Waals surface area contributed by atoms with Crippen LogP contribution >= 0.6 is 0 Å². The first-order chi connectivity index (χ1) is 29.5. The zero-order chi connectivity index (χ0) is 43.8. The molecule has 0 bridgehead atoms. The lowest BCUT2D eigenvalue weighted by Gasteiger charge is -2.24. The molecule has 6 heteroatoms. The van der Waals surface area contributed by atoms with Gasteiger partial charge in [0.15, 0.2) is 0 Å². The Morgan fingerprint density at radius 1 is 0.500 bits per heavy atom. The highest BCUT2D eigenvalue weighted by Crippen LogP contribution is 2.16. The van der Waals surface area contributed by atoms with Gasteiger partial charge in [0.25, 0.3) is 0 Å². The lowest BCUT2D eigenvalue weighted by molar-refractivity contribution is -0.150. The van der Waals surface area contributed by atoms with Gasteiger partial charge in [-0.25, -0.2) is 0 Å². The molecule has 0 spiro atoms. The molecule has 6 nitrogen and oxygen atoms in total. The van der Waals surface area contributed by atoms with Crippen LogP contribution in [0.1, 0.15) is 233 Å². The van der Waals surface area contributed by atoms with Crippen molar-refractivity contribution in [3.05, 3.63) is 72.9 Å². The van der Waals surface area contributed by atoms with Crippen molar-refractivity contribution in [2.24, 2.45) is 0 Å². The Labute approximate surface area is 371 Å². The summed E-state index contributed by atoms with van der Waals surface area (Å²) in [6, 6.07) is -0.722. The number of amides is 1. The van der Waals surface area contributed by atoms with Crippen LogP contribution in [0.2, 0.25) is 0 Å². The predicted octanol–water partition coefficient (Wildman–Crippen LogP) is 15.0. The maximum Gasteiger partial charge on any atom is 0.306 e. The topological polar surface area (TPSA) is 95.9 Å². The molecule has 0 radical (unpaired) electrons. The number of carbonyl (C=O) groups excluding carboxylic acids is 2. The minimum atomic E-state index is -0.804. The molecule has 0 fully saturated rings. The molecule has 0 heterocycles. The van der Waals surface area contributed by atoms with Gasteiger partial charge in [0.05, 0.1) is 25.2 Å². The van der Waals surface area contributed by atoms with E-state index < -0.39 is 18.2 Å². The molecule has 0 saturated carbocycles. The summed E-state index contributed by atoms with van der Waals surface area (Å²) < 4.78 is 5.88. The molecule has 0 rings (SSSR count). The summed E-state index contributed by atoms with van der Waals surface area (Å²) in [5.41, 5.74) is 0. The first-order valence-corrected chi connectivity index (χ1v) is 25.2. The third-order valence-electron chi connectivity index (χ3n) is 11.0. The average molecular weight is 838 g/mol. The van der Waals surface area contributed by atoms with Crippen LogP contribution in [0.4, 0.5) is 0 Å². The zero-order valence-corrected chi connectivity index (χ0v) is 39.3. The second-order valence-corrected chi connectivity index (χ2v) is 16.8. The number of aliphatic hydroxyl groups is 2. The van der Waals surface area contributed by atoms with E-state index in [-0.39, 0.29) is 31.3 Å². The van der Waals surface area contributed by atoms with Gasteiger partial charge in [-0.05, 0) is 83.5 Å². The van der Waals surface area contributed by atoms with E-state index >= 15 is 0 Å². The van der Waals surface area contributed by atoms with Crippen molar-refractivity contribution < 1.29 is 24.5 Å². The molecular weight excluding hydrogens is 743 g/mol. The Bertz CT molecular complexity index is 1120. The third-order valence-corrected chi connectivity index (χ3v) is 11.0. The van der Waals surface area contributed by atoms with Crippen molar-refractivity contribution in [2.45, 2.75) is 251 Å². The van der Waals surface area contributed by atoms with Crippen LogP contribution in [0.3, 0.4) is 0 Å². The minimum Gasteiger partial charge on any atom is -0.462 e. The van der Waals surface area contributed by atoms with Crippen molar-refractivity contribution in [3.63, 3.8) is 0 Å². The number of rotatable bonds is 44. The molecule has 1 amide bonds. The molecule has 60 heavy (non-hydrogen) atoms. The number of ether oxygens (including phenoxy) is 1. The van der Waals surface area contributed by atoms with Crippen molar-refractivity contribution in [1.29, 1.82) is 0 Å². The van der Waals surface area contributed by atoms with E-state index in [4.69, 9.17) is 4.74 Å².